The van der Waals surface area contributed by atoms with E-state index in [9.17, 15) is 0 Å². The highest BCUT2D eigenvalue weighted by Gasteiger charge is 2.39. The van der Waals surface area contributed by atoms with E-state index in [-0.39, 0.29) is 5.41 Å². The third-order valence-electron chi connectivity index (χ3n) is 5.77. The zero-order valence-electron chi connectivity index (χ0n) is 16.0. The molecular weight excluding hydrogens is 316 g/mol. The molecule has 1 heterocycles. The lowest BCUT2D eigenvalue weighted by Crippen LogP contribution is -2.31. The highest BCUT2D eigenvalue weighted by Crippen LogP contribution is 2.53. The SMILES string of the molecule is [C-]#[N+]c1cc2c(cc1C)-c1ccc(C)c(-c3cccc[n+]3C)c1C2(C)C. The lowest BCUT2D eigenvalue weighted by molar-refractivity contribution is -0.660. The molecule has 4 rings (SSSR count). The Labute approximate surface area is 155 Å². The van der Waals surface area contributed by atoms with Gasteiger partial charge in [0.2, 0.25) is 5.69 Å². The Kier molecular flexibility index (Phi) is 3.53. The second-order valence-electron chi connectivity index (χ2n) is 7.80. The number of fused-ring (bicyclic) bond motifs is 3. The van der Waals surface area contributed by atoms with Crippen molar-refractivity contribution in [2.45, 2.75) is 33.1 Å². The molecule has 0 spiro atoms. The third-order valence-corrected chi connectivity index (χ3v) is 5.77. The van der Waals surface area contributed by atoms with Crippen LogP contribution in [0.25, 0.3) is 27.2 Å². The van der Waals surface area contributed by atoms with Crippen molar-refractivity contribution in [3.8, 4) is 22.4 Å². The Bertz CT molecular complexity index is 1100. The predicted octanol–water partition coefficient (Wildman–Crippen LogP) is 5.65. The van der Waals surface area contributed by atoms with Crippen molar-refractivity contribution >= 4 is 5.69 Å². The Morgan fingerprint density at radius 2 is 1.73 bits per heavy atom. The molecule has 0 atom stereocenters. The van der Waals surface area contributed by atoms with Gasteiger partial charge in [-0.2, -0.15) is 0 Å². The first-order chi connectivity index (χ1) is 12.4. The van der Waals surface area contributed by atoms with Crippen LogP contribution < -0.4 is 4.57 Å². The first-order valence-corrected chi connectivity index (χ1v) is 8.98. The van der Waals surface area contributed by atoms with Crippen LogP contribution in [-0.4, -0.2) is 0 Å². The van der Waals surface area contributed by atoms with Gasteiger partial charge in [0.15, 0.2) is 11.9 Å². The maximum Gasteiger partial charge on any atom is 0.212 e. The van der Waals surface area contributed by atoms with Crippen LogP contribution in [0.2, 0.25) is 0 Å². The van der Waals surface area contributed by atoms with Crippen LogP contribution in [0.1, 0.15) is 36.1 Å². The molecule has 26 heavy (non-hydrogen) atoms. The third kappa shape index (κ3) is 2.14. The summed E-state index contributed by atoms with van der Waals surface area (Å²) in [7, 11) is 2.10. The van der Waals surface area contributed by atoms with Gasteiger partial charge in [0.1, 0.15) is 7.05 Å². The lowest BCUT2D eigenvalue weighted by Gasteiger charge is -2.25. The zero-order valence-corrected chi connectivity index (χ0v) is 16.0. The summed E-state index contributed by atoms with van der Waals surface area (Å²) in [6.07, 6.45) is 2.10. The van der Waals surface area contributed by atoms with Gasteiger partial charge in [0, 0.05) is 17.5 Å². The molecule has 0 radical (unpaired) electrons. The smallest absolute Gasteiger partial charge is 0.212 e. The monoisotopic (exact) mass is 339 g/mol. The minimum absolute atomic E-state index is 0.137. The minimum atomic E-state index is -0.137. The summed E-state index contributed by atoms with van der Waals surface area (Å²) in [4.78, 5) is 3.73. The summed E-state index contributed by atoms with van der Waals surface area (Å²) in [5.41, 5.74) is 10.7. The van der Waals surface area contributed by atoms with Crippen LogP contribution in [0, 0.1) is 20.4 Å². The van der Waals surface area contributed by atoms with Crippen molar-refractivity contribution in [3.05, 3.63) is 82.3 Å². The highest BCUT2D eigenvalue weighted by molar-refractivity contribution is 5.89. The minimum Gasteiger partial charge on any atom is -0.238 e. The van der Waals surface area contributed by atoms with Crippen LogP contribution in [0.15, 0.2) is 48.7 Å². The van der Waals surface area contributed by atoms with E-state index in [1.807, 2.05) is 6.92 Å². The molecule has 0 fully saturated rings. The number of hydrogen-bond acceptors (Lipinski definition) is 0. The van der Waals surface area contributed by atoms with Gasteiger partial charge in [-0.15, -0.1) is 0 Å². The van der Waals surface area contributed by atoms with Gasteiger partial charge in [-0.3, -0.25) is 0 Å². The predicted molar refractivity (Wildman–Crippen MR) is 106 cm³/mol. The van der Waals surface area contributed by atoms with Crippen molar-refractivity contribution in [2.24, 2.45) is 7.05 Å². The second-order valence-corrected chi connectivity index (χ2v) is 7.80. The fourth-order valence-corrected chi connectivity index (χ4v) is 4.39. The van der Waals surface area contributed by atoms with Crippen molar-refractivity contribution in [3.63, 3.8) is 0 Å². The molecule has 0 aliphatic heterocycles. The summed E-state index contributed by atoms with van der Waals surface area (Å²) in [6.45, 7) is 16.3. The van der Waals surface area contributed by atoms with Crippen molar-refractivity contribution in [1.29, 1.82) is 0 Å². The van der Waals surface area contributed by atoms with Gasteiger partial charge in [-0.05, 0) is 53.3 Å². The Morgan fingerprint density at radius 3 is 2.42 bits per heavy atom. The maximum absolute atomic E-state index is 7.50. The van der Waals surface area contributed by atoms with Crippen molar-refractivity contribution in [1.82, 2.24) is 0 Å². The van der Waals surface area contributed by atoms with Crippen LogP contribution in [0.5, 0.6) is 0 Å². The van der Waals surface area contributed by atoms with Gasteiger partial charge < -0.3 is 0 Å². The molecule has 0 saturated heterocycles. The van der Waals surface area contributed by atoms with Gasteiger partial charge >= 0.3 is 0 Å². The van der Waals surface area contributed by atoms with Crippen molar-refractivity contribution < 1.29 is 4.57 Å². The summed E-state index contributed by atoms with van der Waals surface area (Å²) < 4.78 is 2.19. The van der Waals surface area contributed by atoms with Gasteiger partial charge in [0.05, 0.1) is 12.1 Å². The average Bonchev–Trinajstić information content (AvgIpc) is 2.82. The molecule has 0 N–H and O–H groups in total. The molecule has 1 aliphatic rings. The standard InChI is InChI=1S/C24H23N2/c1-15-10-11-17-18-13-16(2)20(25-5)14-19(18)24(3,4)23(17)22(15)21-9-7-8-12-26(21)6/h7-14H,1-4,6H3/q+1. The number of benzene rings is 2. The lowest BCUT2D eigenvalue weighted by atomic mass is 9.78. The summed E-state index contributed by atoms with van der Waals surface area (Å²) in [5, 5.41) is 0. The number of pyridine rings is 1. The topological polar surface area (TPSA) is 8.24 Å². The molecule has 1 aliphatic carbocycles. The van der Waals surface area contributed by atoms with E-state index in [0.717, 1.165) is 11.3 Å². The van der Waals surface area contributed by atoms with Gasteiger partial charge in [0.25, 0.3) is 0 Å². The molecule has 128 valence electrons. The van der Waals surface area contributed by atoms with E-state index in [0.29, 0.717) is 0 Å². The molecule has 2 aromatic carbocycles. The Morgan fingerprint density at radius 1 is 0.962 bits per heavy atom. The van der Waals surface area contributed by atoms with Crippen LogP contribution in [0.3, 0.4) is 0 Å². The summed E-state index contributed by atoms with van der Waals surface area (Å²) in [5.74, 6) is 0. The zero-order chi connectivity index (χ0) is 18.6. The molecular formula is C24H23N2+. The first-order valence-electron chi connectivity index (χ1n) is 8.98. The molecule has 0 bridgehead atoms. The average molecular weight is 339 g/mol. The first kappa shape index (κ1) is 16.5. The number of aromatic nitrogens is 1. The molecule has 0 amide bonds. The maximum atomic E-state index is 7.50. The molecule has 2 heteroatoms. The summed E-state index contributed by atoms with van der Waals surface area (Å²) >= 11 is 0. The van der Waals surface area contributed by atoms with Crippen LogP contribution in [-0.2, 0) is 12.5 Å². The molecule has 0 unspecified atom stereocenters. The van der Waals surface area contributed by atoms with E-state index in [1.54, 1.807) is 0 Å². The Balaban J connectivity index is 2.11. The largest absolute Gasteiger partial charge is 0.238 e. The number of rotatable bonds is 1. The molecule has 3 aromatic rings. The Hall–Kier alpha value is -2.92. The second kappa shape index (κ2) is 5.54. The van der Waals surface area contributed by atoms with E-state index >= 15 is 0 Å². The van der Waals surface area contributed by atoms with Gasteiger partial charge in [-0.1, -0.05) is 38.1 Å². The fourth-order valence-electron chi connectivity index (χ4n) is 4.39. The number of nitrogens with zero attached hydrogens (tertiary/aromatic N) is 2. The van der Waals surface area contributed by atoms with Gasteiger partial charge in [-0.25, -0.2) is 9.41 Å². The van der Waals surface area contributed by atoms with Crippen LogP contribution in [0.4, 0.5) is 5.69 Å². The highest BCUT2D eigenvalue weighted by atomic mass is 14.9. The summed E-state index contributed by atoms with van der Waals surface area (Å²) in [6, 6.07) is 15.1. The van der Waals surface area contributed by atoms with Crippen molar-refractivity contribution in [2.75, 3.05) is 0 Å². The fraction of sp³-hybridized carbons (Fsp3) is 0.250. The molecule has 0 saturated carbocycles. The normalized spacial score (nSPS) is 13.8. The van der Waals surface area contributed by atoms with E-state index in [2.05, 4.69) is 85.9 Å². The quantitative estimate of drug-likeness (QED) is 0.400. The van der Waals surface area contributed by atoms with E-state index < -0.39 is 0 Å². The van der Waals surface area contributed by atoms with E-state index in [1.165, 1.54) is 39.1 Å². The number of hydrogen-bond donors (Lipinski definition) is 0. The van der Waals surface area contributed by atoms with E-state index in [4.69, 9.17) is 6.57 Å². The molecule has 1 aromatic heterocycles. The van der Waals surface area contributed by atoms with Crippen LogP contribution >= 0.6 is 0 Å². The number of aryl methyl sites for hydroxylation is 3. The molecule has 2 nitrogen and oxygen atoms in total.